The molecule has 0 aliphatic carbocycles. The second-order valence-corrected chi connectivity index (χ2v) is 11.0. The number of pyridine rings is 1. The van der Waals surface area contributed by atoms with E-state index >= 15 is 0 Å². The van der Waals surface area contributed by atoms with Crippen molar-refractivity contribution in [3.05, 3.63) is 171 Å². The van der Waals surface area contributed by atoms with E-state index in [-0.39, 0.29) is 20.1 Å². The van der Waals surface area contributed by atoms with Crippen molar-refractivity contribution in [1.29, 1.82) is 0 Å². The molecule has 0 fully saturated rings. The summed E-state index contributed by atoms with van der Waals surface area (Å²) >= 11 is 0. The first-order valence-electron chi connectivity index (χ1n) is 16.4. The van der Waals surface area contributed by atoms with Crippen LogP contribution in [0.5, 0.6) is 23.0 Å². The van der Waals surface area contributed by atoms with Crippen molar-refractivity contribution in [2.45, 2.75) is 0 Å². The van der Waals surface area contributed by atoms with E-state index < -0.39 is 0 Å². The summed E-state index contributed by atoms with van der Waals surface area (Å²) in [6.45, 7) is 0. The summed E-state index contributed by atoms with van der Waals surface area (Å²) < 4.78 is 28.2. The average molecular weight is 895 g/mol. The van der Waals surface area contributed by atoms with Crippen LogP contribution in [-0.2, 0) is 20.1 Å². The molecule has 0 atom stereocenters. The van der Waals surface area contributed by atoms with E-state index in [1.54, 1.807) is 53.0 Å². The zero-order chi connectivity index (χ0) is 36.8. The molecule has 0 saturated carbocycles. The van der Waals surface area contributed by atoms with Gasteiger partial charge in [-0.3, -0.25) is 14.1 Å². The molecule has 0 unspecified atom stereocenters. The molecule has 0 N–H and O–H groups in total. The molecule has 4 aromatic carbocycles. The fraction of sp³-hybridized carbons (Fsp3) is 0.0952. The van der Waals surface area contributed by atoms with E-state index in [0.717, 1.165) is 57.1 Å². The molecular weight excluding hydrogens is 859 g/mol. The summed E-state index contributed by atoms with van der Waals surface area (Å²) in [7, 11) is 6.60. The maximum absolute atomic E-state index is 5.16. The van der Waals surface area contributed by atoms with Gasteiger partial charge in [-0.1, -0.05) is 17.8 Å². The average Bonchev–Trinajstić information content (AvgIpc) is 4.06. The maximum atomic E-state index is 5.16. The van der Waals surface area contributed by atoms with Crippen molar-refractivity contribution >= 4 is 0 Å². The monoisotopic (exact) mass is 895 g/mol. The Hall–Kier alpha value is -6.49. The summed E-state index contributed by atoms with van der Waals surface area (Å²) in [5.41, 5.74) is 5.54. The van der Waals surface area contributed by atoms with Gasteiger partial charge in [-0.15, -0.1) is 24.3 Å². The van der Waals surface area contributed by atoms with Gasteiger partial charge >= 0.3 is 0 Å². The first kappa shape index (κ1) is 38.7. The second-order valence-electron chi connectivity index (χ2n) is 11.0. The molecule has 0 saturated heterocycles. The quantitative estimate of drug-likeness (QED) is 0.133. The number of imidazole rings is 2. The van der Waals surface area contributed by atoms with Crippen LogP contribution in [0.25, 0.3) is 34.1 Å². The van der Waals surface area contributed by atoms with E-state index in [0.29, 0.717) is 0 Å². The van der Waals surface area contributed by atoms with Gasteiger partial charge in [0.15, 0.2) is 0 Å². The predicted molar refractivity (Wildman–Crippen MR) is 197 cm³/mol. The summed E-state index contributed by atoms with van der Waals surface area (Å²) in [5, 5.41) is 7.58. The molecule has 11 nitrogen and oxygen atoms in total. The first-order chi connectivity index (χ1) is 26.1. The number of aromatic nitrogens is 7. The number of rotatable bonds is 9. The van der Waals surface area contributed by atoms with Crippen LogP contribution in [0.3, 0.4) is 0 Å². The number of methoxy groups -OCH3 is 4. The van der Waals surface area contributed by atoms with Gasteiger partial charge in [-0.2, -0.15) is 24.3 Å². The zero-order valence-corrected chi connectivity index (χ0v) is 32.3. The summed E-state index contributed by atoms with van der Waals surface area (Å²) in [6.07, 6.45) is 17.6. The van der Waals surface area contributed by atoms with Crippen LogP contribution >= 0.6 is 0 Å². The largest absolute Gasteiger partial charge is 0.574 e. The molecule has 8 aromatic rings. The van der Waals surface area contributed by atoms with E-state index in [9.17, 15) is 0 Å². The zero-order valence-electron chi connectivity index (χ0n) is 30.0. The molecule has 4 aromatic heterocycles. The van der Waals surface area contributed by atoms with Gasteiger partial charge in [0.2, 0.25) is 0 Å². The number of benzene rings is 4. The summed E-state index contributed by atoms with van der Waals surface area (Å²) in [6, 6.07) is 40.8. The third-order valence-electron chi connectivity index (χ3n) is 7.78. The minimum Gasteiger partial charge on any atom is -0.574 e. The third kappa shape index (κ3) is 10.1. The molecular formula is C42H36IrN7O4-3. The molecule has 0 amide bonds. The fourth-order valence-corrected chi connectivity index (χ4v) is 4.92. The van der Waals surface area contributed by atoms with Gasteiger partial charge in [-0.25, -0.2) is 0 Å². The topological polar surface area (TPSA) is 94.4 Å². The van der Waals surface area contributed by atoms with E-state index in [1.165, 1.54) is 0 Å². The van der Waals surface area contributed by atoms with Gasteiger partial charge in [0.25, 0.3) is 12.7 Å². The Morgan fingerprint density at radius 2 is 1.04 bits per heavy atom. The minimum atomic E-state index is 0. The number of hydrogen-bond donors (Lipinski definition) is 0. The molecule has 0 aliphatic rings. The van der Waals surface area contributed by atoms with Crippen LogP contribution in [-0.4, -0.2) is 47.7 Å². The van der Waals surface area contributed by atoms with Crippen LogP contribution in [0, 0.1) is 24.8 Å². The van der Waals surface area contributed by atoms with Gasteiger partial charge in [-0.05, 0) is 72.0 Å². The molecule has 0 bridgehead atoms. The second kappa shape index (κ2) is 19.4. The smallest absolute Gasteiger partial charge is 0.267 e. The number of ether oxygens (including phenoxy) is 4. The summed E-state index contributed by atoms with van der Waals surface area (Å²) in [4.78, 5) is 4.12. The van der Waals surface area contributed by atoms with Crippen LogP contribution in [0.2, 0.25) is 0 Å². The fourth-order valence-electron chi connectivity index (χ4n) is 4.92. The minimum absolute atomic E-state index is 0. The SMILES string of the molecule is COc1c[c-]c(-n2[c-][n+](-c3ccc(OC)cc3)cc2)cc1.COc1c[c-]c(-n2[c-][n+](-c3ccc(OC)cc3)cc2)cc1.[Ir].c1ccc(-c2ccn[n-]2)nc1. The molecule has 1 radical (unpaired) electrons. The van der Waals surface area contributed by atoms with Crippen molar-refractivity contribution < 1.29 is 48.2 Å². The molecule has 275 valence electrons. The van der Waals surface area contributed by atoms with Crippen LogP contribution < -0.4 is 33.2 Å². The van der Waals surface area contributed by atoms with Crippen molar-refractivity contribution in [1.82, 2.24) is 24.3 Å². The van der Waals surface area contributed by atoms with Crippen molar-refractivity contribution in [3.63, 3.8) is 0 Å². The normalized spacial score (nSPS) is 10.1. The van der Waals surface area contributed by atoms with Crippen molar-refractivity contribution in [2.75, 3.05) is 28.4 Å². The predicted octanol–water partition coefficient (Wildman–Crippen LogP) is 5.84. The van der Waals surface area contributed by atoms with Crippen molar-refractivity contribution in [2.24, 2.45) is 0 Å². The van der Waals surface area contributed by atoms with Gasteiger partial charge in [0.1, 0.15) is 11.5 Å². The van der Waals surface area contributed by atoms with Crippen molar-refractivity contribution in [3.8, 4) is 57.1 Å². The van der Waals surface area contributed by atoms with Gasteiger partial charge in [0, 0.05) is 74.5 Å². The molecule has 0 aliphatic heterocycles. The Morgan fingerprint density at radius 3 is 1.41 bits per heavy atom. The molecule has 54 heavy (non-hydrogen) atoms. The Bertz CT molecular complexity index is 2000. The first-order valence-corrected chi connectivity index (χ1v) is 16.4. The molecule has 4 heterocycles. The van der Waals surface area contributed by atoms with E-state index in [2.05, 4.69) is 40.0 Å². The molecule has 8 rings (SSSR count). The number of hydrogen-bond acceptors (Lipinski definition) is 6. The van der Waals surface area contributed by atoms with Crippen LogP contribution in [0.15, 0.2) is 146 Å². The van der Waals surface area contributed by atoms with Crippen LogP contribution in [0.1, 0.15) is 0 Å². The molecule has 12 heteroatoms. The van der Waals surface area contributed by atoms with E-state index in [4.69, 9.17) is 18.9 Å². The van der Waals surface area contributed by atoms with E-state index in [1.807, 2.05) is 140 Å². The Kier molecular flexibility index (Phi) is 13.9. The Balaban J connectivity index is 0.000000162. The number of nitrogens with zero attached hydrogens (tertiary/aromatic N) is 7. The molecule has 0 spiro atoms. The standard InChI is InChI=1S/2C17H15N2O2.C8H6N3.Ir/c2*1-20-16-7-3-14(4-8-16)18-11-12-19(13-18)15-5-9-17(21-2)10-6-15;1-2-5-9-7(3-1)8-4-6-10-11-8;/h2*3-5,7-12H,1-2H3;1-6H;/q3*-1;. The third-order valence-corrected chi connectivity index (χ3v) is 7.78. The summed E-state index contributed by atoms with van der Waals surface area (Å²) in [5.74, 6) is 3.24. The van der Waals surface area contributed by atoms with Crippen LogP contribution in [0.4, 0.5) is 0 Å². The Morgan fingerprint density at radius 1 is 0.556 bits per heavy atom. The van der Waals surface area contributed by atoms with Gasteiger partial charge < -0.3 is 38.3 Å². The Labute approximate surface area is 328 Å². The maximum Gasteiger partial charge on any atom is 0.267 e. The van der Waals surface area contributed by atoms with Gasteiger partial charge in [0.05, 0.1) is 39.8 Å².